The molecule has 0 radical (unpaired) electrons. The number of benzene rings is 1. The number of hydrogen-bond donors (Lipinski definition) is 2. The van der Waals surface area contributed by atoms with E-state index in [-0.39, 0.29) is 23.2 Å². The molecule has 1 heterocycles. The lowest BCUT2D eigenvalue weighted by Crippen LogP contribution is -2.30. The van der Waals surface area contributed by atoms with Crippen LogP contribution < -0.4 is 16.8 Å². The number of hydrogen-bond acceptors (Lipinski definition) is 4. The molecule has 2 rings (SSSR count). The van der Waals surface area contributed by atoms with Crippen LogP contribution in [0.4, 0.5) is 4.39 Å². The Labute approximate surface area is 133 Å². The van der Waals surface area contributed by atoms with Crippen LogP contribution in [-0.2, 0) is 6.54 Å². The number of halogens is 2. The summed E-state index contributed by atoms with van der Waals surface area (Å²) in [4.78, 5) is 27.6. The molecule has 3 N–H and O–H groups in total. The molecule has 8 heteroatoms. The van der Waals surface area contributed by atoms with Crippen molar-refractivity contribution in [3.05, 3.63) is 61.1 Å². The van der Waals surface area contributed by atoms with Crippen LogP contribution in [0, 0.1) is 16.3 Å². The first-order chi connectivity index (χ1) is 9.93. The van der Waals surface area contributed by atoms with Crippen LogP contribution >= 0.6 is 22.6 Å². The van der Waals surface area contributed by atoms with Gasteiger partial charge in [-0.2, -0.15) is 0 Å². The van der Waals surface area contributed by atoms with Gasteiger partial charge in [0.05, 0.1) is 22.1 Å². The van der Waals surface area contributed by atoms with Gasteiger partial charge in [0.25, 0.3) is 11.5 Å². The highest BCUT2D eigenvalue weighted by Crippen LogP contribution is 2.12. The quantitative estimate of drug-likeness (QED) is 0.346. The van der Waals surface area contributed by atoms with Crippen molar-refractivity contribution < 1.29 is 9.18 Å². The molecule has 1 aromatic heterocycles. The topological polar surface area (TPSA) is 90.0 Å². The van der Waals surface area contributed by atoms with E-state index in [9.17, 15) is 14.0 Å². The van der Waals surface area contributed by atoms with Gasteiger partial charge in [0.1, 0.15) is 5.82 Å². The molecule has 6 nitrogen and oxygen atoms in total. The molecule has 1 aromatic carbocycles. The summed E-state index contributed by atoms with van der Waals surface area (Å²) in [5.74, 6) is 4.01. The molecule has 0 saturated heterocycles. The zero-order valence-corrected chi connectivity index (χ0v) is 13.2. The number of nitrogens with one attached hydrogen (secondary N) is 1. The molecule has 110 valence electrons. The Hall–Kier alpha value is -1.81. The lowest BCUT2D eigenvalue weighted by atomic mass is 10.1. The molecule has 0 aliphatic heterocycles. The van der Waals surface area contributed by atoms with E-state index >= 15 is 0 Å². The Morgan fingerprint density at radius 2 is 2.24 bits per heavy atom. The molecule has 2 aromatic rings. The molecule has 0 fully saturated rings. The summed E-state index contributed by atoms with van der Waals surface area (Å²) in [6.45, 7) is 1.71. The maximum absolute atomic E-state index is 13.8. The van der Waals surface area contributed by atoms with Gasteiger partial charge in [-0.3, -0.25) is 19.6 Å². The van der Waals surface area contributed by atoms with Gasteiger partial charge in [0.15, 0.2) is 0 Å². The van der Waals surface area contributed by atoms with Crippen LogP contribution in [-0.4, -0.2) is 15.5 Å². The molecule has 0 spiro atoms. The Morgan fingerprint density at radius 3 is 2.90 bits per heavy atom. The number of aromatic nitrogens is 2. The van der Waals surface area contributed by atoms with E-state index in [1.165, 1.54) is 23.0 Å². The summed E-state index contributed by atoms with van der Waals surface area (Å²) in [6.07, 6.45) is 1.36. The SMILES string of the molecule is Cc1ncn(Cc2cc(C(=O)NN)ccc2F)c(=O)c1I. The minimum absolute atomic E-state index is 0.0142. The summed E-state index contributed by atoms with van der Waals surface area (Å²) in [7, 11) is 0. The number of nitrogens with zero attached hydrogens (tertiary/aromatic N) is 2. The molecule has 1 amide bonds. The average molecular weight is 402 g/mol. The first kappa shape index (κ1) is 15.6. The third-order valence-electron chi connectivity index (χ3n) is 2.94. The van der Waals surface area contributed by atoms with Gasteiger partial charge in [-0.15, -0.1) is 0 Å². The second kappa shape index (κ2) is 6.31. The minimum Gasteiger partial charge on any atom is -0.294 e. The van der Waals surface area contributed by atoms with E-state index in [1.54, 1.807) is 6.92 Å². The van der Waals surface area contributed by atoms with Crippen LogP contribution in [0.15, 0.2) is 29.3 Å². The smallest absolute Gasteiger partial charge is 0.267 e. The second-order valence-electron chi connectivity index (χ2n) is 4.36. The summed E-state index contributed by atoms with van der Waals surface area (Å²) in [5.41, 5.74) is 2.77. The fourth-order valence-electron chi connectivity index (χ4n) is 1.76. The summed E-state index contributed by atoms with van der Waals surface area (Å²) in [6, 6.07) is 3.84. The molecule has 0 unspecified atom stereocenters. The summed E-state index contributed by atoms with van der Waals surface area (Å²) in [5, 5.41) is 0. The van der Waals surface area contributed by atoms with Crippen molar-refractivity contribution in [2.24, 2.45) is 5.84 Å². The maximum atomic E-state index is 13.8. The van der Waals surface area contributed by atoms with Crippen LogP contribution in [0.3, 0.4) is 0 Å². The fourth-order valence-corrected chi connectivity index (χ4v) is 2.21. The highest BCUT2D eigenvalue weighted by molar-refractivity contribution is 14.1. The Bertz CT molecular complexity index is 760. The molecular formula is C13H12FIN4O2. The maximum Gasteiger partial charge on any atom is 0.267 e. The third kappa shape index (κ3) is 3.27. The summed E-state index contributed by atoms with van der Waals surface area (Å²) >= 11 is 1.90. The van der Waals surface area contributed by atoms with Crippen LogP contribution in [0.2, 0.25) is 0 Å². The van der Waals surface area contributed by atoms with E-state index in [2.05, 4.69) is 4.98 Å². The molecule has 0 atom stereocenters. The number of aryl methyl sites for hydroxylation is 1. The molecule has 0 aliphatic carbocycles. The minimum atomic E-state index is -0.528. The first-order valence-corrected chi connectivity index (χ1v) is 7.03. The number of hydrazine groups is 1. The Morgan fingerprint density at radius 1 is 1.52 bits per heavy atom. The average Bonchev–Trinajstić information content (AvgIpc) is 2.49. The third-order valence-corrected chi connectivity index (χ3v) is 4.18. The van der Waals surface area contributed by atoms with Gasteiger partial charge in [0, 0.05) is 11.1 Å². The molecular weight excluding hydrogens is 390 g/mol. The molecule has 0 saturated carbocycles. The van der Waals surface area contributed by atoms with E-state index < -0.39 is 11.7 Å². The van der Waals surface area contributed by atoms with Crippen LogP contribution in [0.25, 0.3) is 0 Å². The van der Waals surface area contributed by atoms with Gasteiger partial charge in [-0.05, 0) is 47.7 Å². The second-order valence-corrected chi connectivity index (χ2v) is 5.44. The molecule has 0 bridgehead atoms. The van der Waals surface area contributed by atoms with Crippen LogP contribution in [0.1, 0.15) is 21.6 Å². The highest BCUT2D eigenvalue weighted by Gasteiger charge is 2.11. The fraction of sp³-hybridized carbons (Fsp3) is 0.154. The summed E-state index contributed by atoms with van der Waals surface area (Å²) < 4.78 is 15.6. The highest BCUT2D eigenvalue weighted by atomic mass is 127. The van der Waals surface area contributed by atoms with Gasteiger partial charge < -0.3 is 0 Å². The monoisotopic (exact) mass is 402 g/mol. The zero-order valence-electron chi connectivity index (χ0n) is 11.1. The predicted molar refractivity (Wildman–Crippen MR) is 83.1 cm³/mol. The number of carbonyl (C=O) groups excluding carboxylic acids is 1. The van der Waals surface area contributed by atoms with Crippen LogP contribution in [0.5, 0.6) is 0 Å². The number of nitrogen functional groups attached to an aromatic ring is 1. The van der Waals surface area contributed by atoms with E-state index in [1.807, 2.05) is 28.0 Å². The number of nitrogens with two attached hydrogens (primary N) is 1. The Kier molecular flexibility index (Phi) is 4.68. The van der Waals surface area contributed by atoms with E-state index in [4.69, 9.17) is 5.84 Å². The molecule has 21 heavy (non-hydrogen) atoms. The van der Waals surface area contributed by atoms with Crippen molar-refractivity contribution in [3.63, 3.8) is 0 Å². The number of amides is 1. The standard InChI is InChI=1S/C13H12FIN4O2/c1-7-11(15)13(21)19(6-17-7)5-9-4-8(12(20)18-16)2-3-10(9)14/h2-4,6H,5,16H2,1H3,(H,18,20). The van der Waals surface area contributed by atoms with Crippen molar-refractivity contribution in [1.82, 2.24) is 15.0 Å². The van der Waals surface area contributed by atoms with E-state index in [0.29, 0.717) is 9.26 Å². The van der Waals surface area contributed by atoms with Crippen molar-refractivity contribution in [3.8, 4) is 0 Å². The molecule has 0 aliphatic rings. The largest absolute Gasteiger partial charge is 0.294 e. The van der Waals surface area contributed by atoms with Gasteiger partial charge in [0.2, 0.25) is 0 Å². The Balaban J connectivity index is 2.42. The zero-order chi connectivity index (χ0) is 15.6. The van der Waals surface area contributed by atoms with Crippen molar-refractivity contribution in [1.29, 1.82) is 0 Å². The number of carbonyl (C=O) groups is 1. The van der Waals surface area contributed by atoms with Gasteiger partial charge >= 0.3 is 0 Å². The van der Waals surface area contributed by atoms with Crippen molar-refractivity contribution >= 4 is 28.5 Å². The van der Waals surface area contributed by atoms with E-state index in [0.717, 1.165) is 6.07 Å². The normalized spacial score (nSPS) is 10.5. The lowest BCUT2D eigenvalue weighted by molar-refractivity contribution is 0.0953. The van der Waals surface area contributed by atoms with Crippen molar-refractivity contribution in [2.75, 3.05) is 0 Å². The number of rotatable bonds is 3. The van der Waals surface area contributed by atoms with Crippen molar-refractivity contribution in [2.45, 2.75) is 13.5 Å². The lowest BCUT2D eigenvalue weighted by Gasteiger charge is -2.09. The van der Waals surface area contributed by atoms with Gasteiger partial charge in [-0.1, -0.05) is 0 Å². The van der Waals surface area contributed by atoms with Gasteiger partial charge in [-0.25, -0.2) is 15.2 Å². The predicted octanol–water partition coefficient (Wildman–Crippen LogP) is 0.947. The first-order valence-electron chi connectivity index (χ1n) is 5.95.